The number of allylic oxidation sites excluding steroid dienone is 3. The third-order valence-corrected chi connectivity index (χ3v) is 9.86. The third-order valence-electron chi connectivity index (χ3n) is 9.86. The van der Waals surface area contributed by atoms with Gasteiger partial charge in [-0.25, -0.2) is 0 Å². The summed E-state index contributed by atoms with van der Waals surface area (Å²) >= 11 is 0. The maximum Gasteiger partial charge on any atom is 0.0817 e. The highest BCUT2D eigenvalue weighted by atomic mass is 15.0. The van der Waals surface area contributed by atoms with E-state index in [2.05, 4.69) is 122 Å². The van der Waals surface area contributed by atoms with Gasteiger partial charge >= 0.3 is 0 Å². The molecule has 2 unspecified atom stereocenters. The van der Waals surface area contributed by atoms with E-state index in [4.69, 9.17) is 11.5 Å². The molecule has 0 amide bonds. The predicted octanol–water partition coefficient (Wildman–Crippen LogP) is 10.7. The van der Waals surface area contributed by atoms with Crippen LogP contribution in [0, 0.1) is 0 Å². The quantitative estimate of drug-likeness (QED) is 0.109. The number of fused-ring (bicyclic) bond motifs is 4. The molecule has 0 spiro atoms. The average Bonchev–Trinajstić information content (AvgIpc) is 3.37. The fraction of sp³-hybridized carbons (Fsp3) is 0.130. The van der Waals surface area contributed by atoms with E-state index in [1.54, 1.807) is 0 Å². The van der Waals surface area contributed by atoms with Crippen LogP contribution < -0.4 is 16.8 Å². The second-order valence-electron chi connectivity index (χ2n) is 13.3. The van der Waals surface area contributed by atoms with Crippen molar-refractivity contribution in [1.82, 2.24) is 5.32 Å². The lowest BCUT2D eigenvalue weighted by atomic mass is 9.81. The van der Waals surface area contributed by atoms with Crippen LogP contribution >= 0.6 is 0 Å². The van der Waals surface area contributed by atoms with Gasteiger partial charge in [0.25, 0.3) is 0 Å². The van der Waals surface area contributed by atoms with Crippen LogP contribution in [0.25, 0.3) is 44.8 Å². The minimum Gasteiger partial charge on any atom is -0.398 e. The van der Waals surface area contributed by atoms with Gasteiger partial charge in [-0.15, -0.1) is 0 Å². The van der Waals surface area contributed by atoms with Crippen molar-refractivity contribution in [2.45, 2.75) is 38.4 Å². The Bertz CT molecular complexity index is 2200. The smallest absolute Gasteiger partial charge is 0.0817 e. The van der Waals surface area contributed by atoms with Crippen LogP contribution in [0.1, 0.15) is 66.4 Å². The highest BCUT2D eigenvalue weighted by Crippen LogP contribution is 2.53. The van der Waals surface area contributed by atoms with Gasteiger partial charge in [-0.2, -0.15) is 0 Å². The second-order valence-corrected chi connectivity index (χ2v) is 13.3. The topological polar surface area (TPSA) is 64.1 Å². The molecular weight excluding hydrogens is 595 g/mol. The van der Waals surface area contributed by atoms with Gasteiger partial charge in [0.15, 0.2) is 0 Å². The van der Waals surface area contributed by atoms with E-state index < -0.39 is 0 Å². The van der Waals surface area contributed by atoms with Crippen LogP contribution in [0.4, 0.5) is 0 Å². The second kappa shape index (κ2) is 13.6. The Morgan fingerprint density at radius 3 is 2.16 bits per heavy atom. The first-order valence-corrected chi connectivity index (χ1v) is 17.1. The van der Waals surface area contributed by atoms with Crippen LogP contribution in [-0.2, 0) is 5.41 Å². The molecule has 5 N–H and O–H groups in total. The summed E-state index contributed by atoms with van der Waals surface area (Å²) in [6.07, 6.45) is 9.87. The Morgan fingerprint density at radius 1 is 0.714 bits per heavy atom. The normalized spacial score (nSPS) is 15.1. The summed E-state index contributed by atoms with van der Waals surface area (Å²) in [7, 11) is 0. The van der Waals surface area contributed by atoms with E-state index in [1.165, 1.54) is 44.2 Å². The van der Waals surface area contributed by atoms with Crippen LogP contribution in [-0.4, -0.2) is 0 Å². The molecule has 6 aromatic carbocycles. The van der Waals surface area contributed by atoms with Gasteiger partial charge in [-0.05, 0) is 86.0 Å². The zero-order valence-electron chi connectivity index (χ0n) is 28.4. The van der Waals surface area contributed by atoms with E-state index in [0.29, 0.717) is 5.70 Å². The molecule has 6 aromatic rings. The molecule has 0 aromatic heterocycles. The molecule has 0 saturated carbocycles. The molecule has 3 nitrogen and oxygen atoms in total. The first-order chi connectivity index (χ1) is 23.8. The molecule has 2 atom stereocenters. The fourth-order valence-electron chi connectivity index (χ4n) is 7.21. The first kappa shape index (κ1) is 32.1. The molecule has 7 rings (SSSR count). The van der Waals surface area contributed by atoms with Gasteiger partial charge in [-0.3, -0.25) is 5.32 Å². The van der Waals surface area contributed by atoms with Gasteiger partial charge in [0, 0.05) is 16.7 Å². The summed E-state index contributed by atoms with van der Waals surface area (Å²) in [6, 6.07) is 47.3. The van der Waals surface area contributed by atoms with E-state index in [0.717, 1.165) is 22.3 Å². The Kier molecular flexibility index (Phi) is 8.88. The number of nitrogens with two attached hydrogens (primary N) is 2. The molecule has 242 valence electrons. The average molecular weight is 638 g/mol. The van der Waals surface area contributed by atoms with Gasteiger partial charge in [0.1, 0.15) is 0 Å². The molecule has 49 heavy (non-hydrogen) atoms. The van der Waals surface area contributed by atoms with Crippen molar-refractivity contribution in [3.63, 3.8) is 0 Å². The molecule has 1 aliphatic rings. The summed E-state index contributed by atoms with van der Waals surface area (Å²) in [5, 5.41) is 6.22. The van der Waals surface area contributed by atoms with E-state index >= 15 is 0 Å². The van der Waals surface area contributed by atoms with Gasteiger partial charge < -0.3 is 11.5 Å². The lowest BCUT2D eigenvalue weighted by Crippen LogP contribution is -2.32. The lowest BCUT2D eigenvalue weighted by Gasteiger charge is -2.24. The lowest BCUT2D eigenvalue weighted by molar-refractivity contribution is 0.508. The summed E-state index contributed by atoms with van der Waals surface area (Å²) in [5.74, 6) is 0. The van der Waals surface area contributed by atoms with Gasteiger partial charge in [0.05, 0.1) is 12.2 Å². The number of rotatable bonds is 9. The summed E-state index contributed by atoms with van der Waals surface area (Å²) < 4.78 is 0. The minimum atomic E-state index is -0.364. The van der Waals surface area contributed by atoms with Crippen molar-refractivity contribution in [2.75, 3.05) is 0 Å². The fourth-order valence-corrected chi connectivity index (χ4v) is 7.21. The van der Waals surface area contributed by atoms with Gasteiger partial charge in [-0.1, -0.05) is 159 Å². The van der Waals surface area contributed by atoms with E-state index in [1.807, 2.05) is 67.6 Å². The maximum absolute atomic E-state index is 6.72. The minimum absolute atomic E-state index is 0.0717. The predicted molar refractivity (Wildman–Crippen MR) is 209 cm³/mol. The van der Waals surface area contributed by atoms with Crippen molar-refractivity contribution >= 4 is 22.5 Å². The summed E-state index contributed by atoms with van der Waals surface area (Å²) in [4.78, 5) is 0. The molecule has 1 aliphatic carbocycles. The molecule has 0 radical (unpaired) electrons. The molecular formula is C46H43N3. The maximum atomic E-state index is 6.72. The Hall–Kier alpha value is -5.48. The van der Waals surface area contributed by atoms with Gasteiger partial charge in [0.2, 0.25) is 0 Å². The molecule has 0 saturated heterocycles. The Morgan fingerprint density at radius 2 is 1.41 bits per heavy atom. The SMILES string of the molecule is C/C=C\C=C(/N)c1ccccc1C(/C=C/c1ccc(-c2cccc3c2-c2cc4ccccc4cc2C3(C)C)cc1)NC(N)c1ccccc1. The van der Waals surface area contributed by atoms with Crippen molar-refractivity contribution in [3.05, 3.63) is 191 Å². The number of nitrogens with one attached hydrogen (secondary N) is 1. The summed E-state index contributed by atoms with van der Waals surface area (Å²) in [5.41, 5.74) is 26.0. The van der Waals surface area contributed by atoms with Crippen molar-refractivity contribution in [3.8, 4) is 22.3 Å². The monoisotopic (exact) mass is 637 g/mol. The van der Waals surface area contributed by atoms with E-state index in [9.17, 15) is 0 Å². The number of hydrogen-bond acceptors (Lipinski definition) is 3. The molecule has 3 heteroatoms. The highest BCUT2D eigenvalue weighted by molar-refractivity contribution is 5.98. The van der Waals surface area contributed by atoms with Crippen molar-refractivity contribution in [1.29, 1.82) is 0 Å². The number of benzene rings is 6. The largest absolute Gasteiger partial charge is 0.398 e. The van der Waals surface area contributed by atoms with E-state index in [-0.39, 0.29) is 17.6 Å². The Labute approximate surface area is 290 Å². The summed E-state index contributed by atoms with van der Waals surface area (Å²) in [6.45, 7) is 6.68. The first-order valence-electron chi connectivity index (χ1n) is 17.1. The molecule has 0 fully saturated rings. The van der Waals surface area contributed by atoms with Crippen LogP contribution in [0.2, 0.25) is 0 Å². The standard InChI is InChI=1S/C46H43N3/c1-4-5-22-42(47)37-18-11-12-19-38(37)43(49-45(48)33-14-7-6-8-15-33)28-25-31-23-26-32(27-24-31)36-20-13-21-40-44(36)39-29-34-16-9-10-17-35(34)30-41(39)46(40,2)3/h4-30,43,45,49H,47-48H2,1-3H3/b5-4-,28-25+,42-22-. The van der Waals surface area contributed by atoms with Crippen LogP contribution in [0.5, 0.6) is 0 Å². The molecule has 0 aliphatic heterocycles. The van der Waals surface area contributed by atoms with Crippen LogP contribution in [0.15, 0.2) is 158 Å². The van der Waals surface area contributed by atoms with Crippen molar-refractivity contribution < 1.29 is 0 Å². The molecule has 0 heterocycles. The third kappa shape index (κ3) is 6.27. The number of hydrogen-bond donors (Lipinski definition) is 3. The highest BCUT2D eigenvalue weighted by Gasteiger charge is 2.37. The molecule has 0 bridgehead atoms. The zero-order chi connectivity index (χ0) is 34.0. The Balaban J connectivity index is 1.23. The van der Waals surface area contributed by atoms with Crippen molar-refractivity contribution in [2.24, 2.45) is 11.5 Å². The van der Waals surface area contributed by atoms with Crippen LogP contribution in [0.3, 0.4) is 0 Å². The zero-order valence-corrected chi connectivity index (χ0v) is 28.4.